The predicted molar refractivity (Wildman–Crippen MR) is 76.2 cm³/mol. The van der Waals surface area contributed by atoms with Gasteiger partial charge in [0.15, 0.2) is 0 Å². The largest absolute Gasteiger partial charge is 0.491 e. The summed E-state index contributed by atoms with van der Waals surface area (Å²) in [5, 5.41) is 8.87. The highest BCUT2D eigenvalue weighted by Crippen LogP contribution is 2.21. The third-order valence-corrected chi connectivity index (χ3v) is 2.75. The van der Waals surface area contributed by atoms with Crippen LogP contribution in [0.25, 0.3) is 11.3 Å². The monoisotopic (exact) mass is 257 g/mol. The smallest absolute Gasteiger partial charge is 0.119 e. The van der Waals surface area contributed by atoms with Crippen molar-refractivity contribution in [1.29, 1.82) is 0 Å². The number of aliphatic hydroxyl groups is 1. The number of ether oxygens (including phenoxy) is 1. The number of rotatable bonds is 5. The number of aliphatic hydroxyl groups excluding tert-OH is 1. The molecule has 0 atom stereocenters. The molecule has 0 saturated heterocycles. The first-order valence-electron chi connectivity index (χ1n) is 6.52. The minimum Gasteiger partial charge on any atom is -0.491 e. The molecule has 3 nitrogen and oxygen atoms in total. The lowest BCUT2D eigenvalue weighted by molar-refractivity contribution is 0.242. The Balaban J connectivity index is 2.13. The Morgan fingerprint density at radius 1 is 1.11 bits per heavy atom. The van der Waals surface area contributed by atoms with Gasteiger partial charge in [-0.1, -0.05) is 6.07 Å². The van der Waals surface area contributed by atoms with Crippen LogP contribution in [0.1, 0.15) is 19.4 Å². The zero-order chi connectivity index (χ0) is 13.7. The molecule has 0 unspecified atom stereocenters. The quantitative estimate of drug-likeness (QED) is 0.895. The maximum absolute atomic E-state index is 8.87. The van der Waals surface area contributed by atoms with E-state index in [-0.39, 0.29) is 12.7 Å². The van der Waals surface area contributed by atoms with Crippen molar-refractivity contribution in [3.63, 3.8) is 0 Å². The van der Waals surface area contributed by atoms with Crippen molar-refractivity contribution in [1.82, 2.24) is 4.98 Å². The van der Waals surface area contributed by atoms with Gasteiger partial charge < -0.3 is 9.84 Å². The summed E-state index contributed by atoms with van der Waals surface area (Å²) in [5.74, 6) is 0.871. The van der Waals surface area contributed by atoms with Crippen LogP contribution in [0.3, 0.4) is 0 Å². The van der Waals surface area contributed by atoms with Crippen molar-refractivity contribution in [2.75, 3.05) is 6.61 Å². The molecule has 0 spiro atoms. The molecule has 19 heavy (non-hydrogen) atoms. The van der Waals surface area contributed by atoms with Crippen molar-refractivity contribution < 1.29 is 9.84 Å². The maximum atomic E-state index is 8.87. The second kappa shape index (κ2) is 6.34. The Morgan fingerprint density at radius 3 is 2.37 bits per heavy atom. The second-order valence-corrected chi connectivity index (χ2v) is 4.72. The van der Waals surface area contributed by atoms with Crippen LogP contribution in [-0.4, -0.2) is 22.8 Å². The molecule has 0 aliphatic carbocycles. The molecular formula is C16H19NO2. The minimum absolute atomic E-state index is 0.155. The van der Waals surface area contributed by atoms with E-state index in [2.05, 4.69) is 4.98 Å². The molecule has 0 fully saturated rings. The molecule has 0 saturated carbocycles. The van der Waals surface area contributed by atoms with Crippen LogP contribution in [0, 0.1) is 0 Å². The molecule has 0 amide bonds. The fraction of sp³-hybridized carbons (Fsp3) is 0.312. The molecule has 0 aliphatic rings. The molecule has 100 valence electrons. The Kier molecular flexibility index (Phi) is 4.53. The summed E-state index contributed by atoms with van der Waals surface area (Å²) in [6, 6.07) is 11.9. The van der Waals surface area contributed by atoms with Crippen molar-refractivity contribution in [3.05, 3.63) is 48.2 Å². The van der Waals surface area contributed by atoms with Gasteiger partial charge in [-0.15, -0.1) is 0 Å². The molecule has 2 aromatic rings. The van der Waals surface area contributed by atoms with E-state index < -0.39 is 0 Å². The average molecular weight is 257 g/mol. The maximum Gasteiger partial charge on any atom is 0.119 e. The molecule has 3 heteroatoms. The van der Waals surface area contributed by atoms with Crippen molar-refractivity contribution in [2.24, 2.45) is 0 Å². The van der Waals surface area contributed by atoms with Gasteiger partial charge in [-0.2, -0.15) is 0 Å². The average Bonchev–Trinajstić information content (AvgIpc) is 2.40. The zero-order valence-corrected chi connectivity index (χ0v) is 11.3. The topological polar surface area (TPSA) is 42.4 Å². The van der Waals surface area contributed by atoms with Gasteiger partial charge in [0.25, 0.3) is 0 Å². The van der Waals surface area contributed by atoms with Gasteiger partial charge in [-0.05, 0) is 56.2 Å². The van der Waals surface area contributed by atoms with Crippen LogP contribution in [-0.2, 0) is 6.42 Å². The van der Waals surface area contributed by atoms with E-state index in [1.54, 1.807) is 0 Å². The highest BCUT2D eigenvalue weighted by atomic mass is 16.5. The lowest BCUT2D eigenvalue weighted by Gasteiger charge is -2.10. The fourth-order valence-electron chi connectivity index (χ4n) is 1.85. The lowest BCUT2D eigenvalue weighted by Crippen LogP contribution is -2.05. The molecule has 1 heterocycles. The number of hydrogen-bond donors (Lipinski definition) is 1. The van der Waals surface area contributed by atoms with Gasteiger partial charge in [-0.25, -0.2) is 0 Å². The van der Waals surface area contributed by atoms with Gasteiger partial charge in [-0.3, -0.25) is 4.98 Å². The predicted octanol–water partition coefficient (Wildman–Crippen LogP) is 3.07. The molecule has 0 radical (unpaired) electrons. The first-order chi connectivity index (χ1) is 9.19. The van der Waals surface area contributed by atoms with Crippen LogP contribution in [0.4, 0.5) is 0 Å². The van der Waals surface area contributed by atoms with Gasteiger partial charge in [0.2, 0.25) is 0 Å². The van der Waals surface area contributed by atoms with E-state index >= 15 is 0 Å². The molecule has 0 bridgehead atoms. The summed E-state index contributed by atoms with van der Waals surface area (Å²) in [4.78, 5) is 4.41. The number of benzene rings is 1. The highest BCUT2D eigenvalue weighted by molar-refractivity contribution is 5.60. The number of hydrogen-bond acceptors (Lipinski definition) is 3. The Morgan fingerprint density at radius 2 is 1.84 bits per heavy atom. The van der Waals surface area contributed by atoms with Crippen LogP contribution < -0.4 is 4.74 Å². The third-order valence-electron chi connectivity index (χ3n) is 2.75. The summed E-state index contributed by atoms with van der Waals surface area (Å²) in [6.07, 6.45) is 2.64. The first kappa shape index (κ1) is 13.6. The second-order valence-electron chi connectivity index (χ2n) is 4.72. The van der Waals surface area contributed by atoms with E-state index in [1.807, 2.05) is 56.4 Å². The zero-order valence-electron chi connectivity index (χ0n) is 11.3. The summed E-state index contributed by atoms with van der Waals surface area (Å²) < 4.78 is 5.61. The van der Waals surface area contributed by atoms with E-state index in [4.69, 9.17) is 9.84 Å². The minimum atomic E-state index is 0.155. The van der Waals surface area contributed by atoms with Gasteiger partial charge in [0, 0.05) is 18.4 Å². The van der Waals surface area contributed by atoms with Crippen molar-refractivity contribution >= 4 is 0 Å². The number of aromatic nitrogens is 1. The lowest BCUT2D eigenvalue weighted by atomic mass is 10.1. The standard InChI is InChI=1S/C16H19NO2/c1-12(2)19-15-6-4-14(5-7-15)16-8-3-13(9-10-18)11-17-16/h3-8,11-12,18H,9-10H2,1-2H3. The molecule has 1 N–H and O–H groups in total. The van der Waals surface area contributed by atoms with Crippen LogP contribution in [0.15, 0.2) is 42.6 Å². The summed E-state index contributed by atoms with van der Waals surface area (Å²) in [7, 11) is 0. The van der Waals surface area contributed by atoms with E-state index in [0.717, 1.165) is 22.6 Å². The number of pyridine rings is 1. The van der Waals surface area contributed by atoms with Crippen LogP contribution >= 0.6 is 0 Å². The normalized spacial score (nSPS) is 10.7. The van der Waals surface area contributed by atoms with Crippen LogP contribution in [0.2, 0.25) is 0 Å². The number of nitrogens with zero attached hydrogens (tertiary/aromatic N) is 1. The Hall–Kier alpha value is -1.87. The van der Waals surface area contributed by atoms with Gasteiger partial charge >= 0.3 is 0 Å². The molecule has 1 aromatic carbocycles. The van der Waals surface area contributed by atoms with Crippen molar-refractivity contribution in [3.8, 4) is 17.0 Å². The molecular weight excluding hydrogens is 238 g/mol. The Labute approximate surface area is 113 Å². The van der Waals surface area contributed by atoms with Gasteiger partial charge in [0.1, 0.15) is 5.75 Å². The van der Waals surface area contributed by atoms with Crippen LogP contribution in [0.5, 0.6) is 5.75 Å². The third kappa shape index (κ3) is 3.80. The van der Waals surface area contributed by atoms with E-state index in [0.29, 0.717) is 6.42 Å². The fourth-order valence-corrected chi connectivity index (χ4v) is 1.85. The van der Waals surface area contributed by atoms with Gasteiger partial charge in [0.05, 0.1) is 11.8 Å². The Bertz CT molecular complexity index is 503. The highest BCUT2D eigenvalue weighted by Gasteiger charge is 2.02. The summed E-state index contributed by atoms with van der Waals surface area (Å²) in [5.41, 5.74) is 3.04. The van der Waals surface area contributed by atoms with E-state index in [9.17, 15) is 0 Å². The summed E-state index contributed by atoms with van der Waals surface area (Å²) in [6.45, 7) is 4.17. The van der Waals surface area contributed by atoms with E-state index in [1.165, 1.54) is 0 Å². The molecule has 1 aromatic heterocycles. The molecule has 2 rings (SSSR count). The van der Waals surface area contributed by atoms with Crippen molar-refractivity contribution in [2.45, 2.75) is 26.4 Å². The first-order valence-corrected chi connectivity index (χ1v) is 6.52. The summed E-state index contributed by atoms with van der Waals surface area (Å²) >= 11 is 0. The SMILES string of the molecule is CC(C)Oc1ccc(-c2ccc(CCO)cn2)cc1. The molecule has 0 aliphatic heterocycles.